The minimum atomic E-state index is -0.728. The molecule has 1 atom stereocenters. The molecule has 3 nitrogen and oxygen atoms in total. The SMILES string of the molecule is O=C(O)[C@@H]1CCCN(Cc2cccc(F)c2)C1. The Hall–Kier alpha value is -1.42. The number of carboxylic acid groups (broad SMARTS) is 1. The highest BCUT2D eigenvalue weighted by Gasteiger charge is 2.25. The Labute approximate surface area is 99.9 Å². The number of hydrogen-bond acceptors (Lipinski definition) is 2. The second-order valence-corrected chi connectivity index (χ2v) is 4.54. The van der Waals surface area contributed by atoms with Crippen LogP contribution in [0.2, 0.25) is 0 Å². The van der Waals surface area contributed by atoms with Gasteiger partial charge in [-0.2, -0.15) is 0 Å². The van der Waals surface area contributed by atoms with Crippen LogP contribution < -0.4 is 0 Å². The maximum atomic E-state index is 13.0. The lowest BCUT2D eigenvalue weighted by molar-refractivity contribution is -0.143. The Morgan fingerprint density at radius 2 is 2.35 bits per heavy atom. The molecule has 1 aromatic rings. The summed E-state index contributed by atoms with van der Waals surface area (Å²) in [6.07, 6.45) is 1.64. The summed E-state index contributed by atoms with van der Waals surface area (Å²) in [5, 5.41) is 8.98. The monoisotopic (exact) mass is 237 g/mol. The fourth-order valence-electron chi connectivity index (χ4n) is 2.29. The predicted octanol–water partition coefficient (Wildman–Crippen LogP) is 2.12. The first-order chi connectivity index (χ1) is 8.15. The summed E-state index contributed by atoms with van der Waals surface area (Å²) in [6.45, 7) is 2.08. The number of likely N-dealkylation sites (tertiary alicyclic amines) is 1. The van der Waals surface area contributed by atoms with Gasteiger partial charge in [0.05, 0.1) is 5.92 Å². The van der Waals surface area contributed by atoms with Gasteiger partial charge < -0.3 is 5.11 Å². The van der Waals surface area contributed by atoms with Gasteiger partial charge in [-0.05, 0) is 37.1 Å². The number of rotatable bonds is 3. The number of nitrogens with zero attached hydrogens (tertiary/aromatic N) is 1. The molecular weight excluding hydrogens is 221 g/mol. The van der Waals surface area contributed by atoms with Crippen LogP contribution in [-0.4, -0.2) is 29.1 Å². The van der Waals surface area contributed by atoms with Crippen molar-refractivity contribution in [1.29, 1.82) is 0 Å². The molecule has 0 radical (unpaired) electrons. The van der Waals surface area contributed by atoms with Gasteiger partial charge in [0.1, 0.15) is 5.82 Å². The summed E-state index contributed by atoms with van der Waals surface area (Å²) in [5.74, 6) is -1.25. The maximum absolute atomic E-state index is 13.0. The van der Waals surface area contributed by atoms with E-state index in [2.05, 4.69) is 4.90 Å². The highest BCUT2D eigenvalue weighted by atomic mass is 19.1. The van der Waals surface area contributed by atoms with Crippen molar-refractivity contribution < 1.29 is 14.3 Å². The summed E-state index contributed by atoms with van der Waals surface area (Å²) in [4.78, 5) is 13.0. The lowest BCUT2D eigenvalue weighted by Crippen LogP contribution is -2.38. The van der Waals surface area contributed by atoms with Crippen LogP contribution in [0.15, 0.2) is 24.3 Å². The van der Waals surface area contributed by atoms with Crippen LogP contribution in [0.5, 0.6) is 0 Å². The number of benzene rings is 1. The molecule has 0 aliphatic carbocycles. The van der Waals surface area contributed by atoms with E-state index in [1.165, 1.54) is 12.1 Å². The molecule has 17 heavy (non-hydrogen) atoms. The molecular formula is C13H16FNO2. The van der Waals surface area contributed by atoms with Gasteiger partial charge in [0.2, 0.25) is 0 Å². The minimum Gasteiger partial charge on any atom is -0.481 e. The van der Waals surface area contributed by atoms with Crippen molar-refractivity contribution in [1.82, 2.24) is 4.90 Å². The Kier molecular flexibility index (Phi) is 3.74. The molecule has 1 N–H and O–H groups in total. The third-order valence-electron chi connectivity index (χ3n) is 3.15. The van der Waals surface area contributed by atoms with E-state index in [4.69, 9.17) is 5.11 Å². The molecule has 0 unspecified atom stereocenters. The zero-order chi connectivity index (χ0) is 12.3. The number of piperidine rings is 1. The zero-order valence-corrected chi connectivity index (χ0v) is 9.60. The second kappa shape index (κ2) is 5.27. The molecule has 1 fully saturated rings. The molecule has 0 spiro atoms. The van der Waals surface area contributed by atoms with E-state index in [1.807, 2.05) is 6.07 Å². The number of halogens is 1. The van der Waals surface area contributed by atoms with Crippen LogP contribution in [0.1, 0.15) is 18.4 Å². The number of hydrogen-bond donors (Lipinski definition) is 1. The lowest BCUT2D eigenvalue weighted by Gasteiger charge is -2.30. The van der Waals surface area contributed by atoms with Crippen LogP contribution in [0.4, 0.5) is 4.39 Å². The van der Waals surface area contributed by atoms with Crippen molar-refractivity contribution in [3.8, 4) is 0 Å². The van der Waals surface area contributed by atoms with Gasteiger partial charge in [0, 0.05) is 13.1 Å². The summed E-state index contributed by atoms with van der Waals surface area (Å²) < 4.78 is 13.0. The average Bonchev–Trinajstić information content (AvgIpc) is 2.29. The van der Waals surface area contributed by atoms with Crippen molar-refractivity contribution in [2.75, 3.05) is 13.1 Å². The second-order valence-electron chi connectivity index (χ2n) is 4.54. The van der Waals surface area contributed by atoms with Gasteiger partial charge in [-0.25, -0.2) is 4.39 Å². The molecule has 92 valence electrons. The largest absolute Gasteiger partial charge is 0.481 e. The average molecular weight is 237 g/mol. The lowest BCUT2D eigenvalue weighted by atomic mass is 9.98. The summed E-state index contributed by atoms with van der Waals surface area (Å²) >= 11 is 0. The summed E-state index contributed by atoms with van der Waals surface area (Å²) in [5.41, 5.74) is 0.899. The first-order valence-electron chi connectivity index (χ1n) is 5.85. The van der Waals surface area contributed by atoms with Crippen molar-refractivity contribution in [3.05, 3.63) is 35.6 Å². The third-order valence-corrected chi connectivity index (χ3v) is 3.15. The van der Waals surface area contributed by atoms with Crippen molar-refractivity contribution in [2.45, 2.75) is 19.4 Å². The minimum absolute atomic E-state index is 0.241. The third kappa shape index (κ3) is 3.27. The molecule has 0 aromatic heterocycles. The summed E-state index contributed by atoms with van der Waals surface area (Å²) in [6, 6.07) is 6.47. The molecule has 2 rings (SSSR count). The molecule has 0 amide bonds. The summed E-state index contributed by atoms with van der Waals surface area (Å²) in [7, 11) is 0. The van der Waals surface area contributed by atoms with E-state index in [0.717, 1.165) is 24.9 Å². The first kappa shape index (κ1) is 12.0. The highest BCUT2D eigenvalue weighted by Crippen LogP contribution is 2.18. The fraction of sp³-hybridized carbons (Fsp3) is 0.462. The van der Waals surface area contributed by atoms with E-state index < -0.39 is 5.97 Å². The van der Waals surface area contributed by atoms with Crippen LogP contribution in [0.3, 0.4) is 0 Å². The smallest absolute Gasteiger partial charge is 0.307 e. The first-order valence-corrected chi connectivity index (χ1v) is 5.85. The van der Waals surface area contributed by atoms with E-state index in [1.54, 1.807) is 6.07 Å². The number of aliphatic carboxylic acids is 1. The fourth-order valence-corrected chi connectivity index (χ4v) is 2.29. The molecule has 1 heterocycles. The normalized spacial score (nSPS) is 21.4. The predicted molar refractivity (Wildman–Crippen MR) is 62.0 cm³/mol. The quantitative estimate of drug-likeness (QED) is 0.875. The Morgan fingerprint density at radius 3 is 3.06 bits per heavy atom. The molecule has 4 heteroatoms. The van der Waals surface area contributed by atoms with E-state index in [9.17, 15) is 9.18 Å². The zero-order valence-electron chi connectivity index (χ0n) is 9.60. The standard InChI is InChI=1S/C13H16FNO2/c14-12-5-1-3-10(7-12)8-15-6-2-4-11(9-15)13(16)17/h1,3,5,7,11H,2,4,6,8-9H2,(H,16,17)/t11-/m1/s1. The molecule has 0 saturated carbocycles. The Bertz CT molecular complexity index is 408. The van der Waals surface area contributed by atoms with Crippen LogP contribution in [0, 0.1) is 11.7 Å². The molecule has 0 bridgehead atoms. The van der Waals surface area contributed by atoms with Gasteiger partial charge in [-0.1, -0.05) is 12.1 Å². The van der Waals surface area contributed by atoms with Gasteiger partial charge in [0.25, 0.3) is 0 Å². The van der Waals surface area contributed by atoms with E-state index in [-0.39, 0.29) is 11.7 Å². The number of carboxylic acids is 1. The molecule has 1 aliphatic rings. The van der Waals surface area contributed by atoms with Gasteiger partial charge in [-0.15, -0.1) is 0 Å². The van der Waals surface area contributed by atoms with Crippen LogP contribution in [-0.2, 0) is 11.3 Å². The van der Waals surface area contributed by atoms with Crippen LogP contribution in [0.25, 0.3) is 0 Å². The Balaban J connectivity index is 1.97. The molecule has 1 aromatic carbocycles. The Morgan fingerprint density at radius 1 is 1.53 bits per heavy atom. The van der Waals surface area contributed by atoms with Crippen LogP contribution >= 0.6 is 0 Å². The van der Waals surface area contributed by atoms with Gasteiger partial charge in [-0.3, -0.25) is 9.69 Å². The number of carbonyl (C=O) groups is 1. The molecule has 1 saturated heterocycles. The molecule has 1 aliphatic heterocycles. The van der Waals surface area contributed by atoms with E-state index >= 15 is 0 Å². The van der Waals surface area contributed by atoms with Crippen molar-refractivity contribution in [3.63, 3.8) is 0 Å². The van der Waals surface area contributed by atoms with E-state index in [0.29, 0.717) is 13.1 Å². The highest BCUT2D eigenvalue weighted by molar-refractivity contribution is 5.70. The maximum Gasteiger partial charge on any atom is 0.307 e. The van der Waals surface area contributed by atoms with Crippen molar-refractivity contribution in [2.24, 2.45) is 5.92 Å². The van der Waals surface area contributed by atoms with Crippen molar-refractivity contribution >= 4 is 5.97 Å². The topological polar surface area (TPSA) is 40.5 Å². The van der Waals surface area contributed by atoms with Gasteiger partial charge in [0.15, 0.2) is 0 Å². The van der Waals surface area contributed by atoms with Gasteiger partial charge >= 0.3 is 5.97 Å².